The average molecular weight is 286 g/mol. The zero-order valence-electron chi connectivity index (χ0n) is 11.6. The number of amides is 2. The van der Waals surface area contributed by atoms with Gasteiger partial charge in [0.05, 0.1) is 18.2 Å². The van der Waals surface area contributed by atoms with Crippen LogP contribution < -0.4 is 0 Å². The molecule has 7 nitrogen and oxygen atoms in total. The van der Waals surface area contributed by atoms with Gasteiger partial charge >= 0.3 is 12.0 Å². The van der Waals surface area contributed by atoms with E-state index in [-0.39, 0.29) is 19.0 Å². The minimum Gasteiger partial charge on any atom is -0.480 e. The lowest BCUT2D eigenvalue weighted by Gasteiger charge is -2.37. The maximum absolute atomic E-state index is 12.4. The number of likely N-dealkylation sites (tertiary alicyclic amines) is 1. The number of aliphatic hydroxyl groups is 2. The van der Waals surface area contributed by atoms with Crippen molar-refractivity contribution in [1.29, 1.82) is 0 Å². The molecule has 2 unspecified atom stereocenters. The Morgan fingerprint density at radius 1 is 1.20 bits per heavy atom. The fraction of sp³-hybridized carbons (Fsp3) is 0.846. The van der Waals surface area contributed by atoms with E-state index in [0.717, 1.165) is 19.3 Å². The van der Waals surface area contributed by atoms with E-state index in [4.69, 9.17) is 5.11 Å². The van der Waals surface area contributed by atoms with Gasteiger partial charge < -0.3 is 25.1 Å². The van der Waals surface area contributed by atoms with E-state index in [1.165, 1.54) is 9.80 Å². The van der Waals surface area contributed by atoms with E-state index >= 15 is 0 Å². The molecule has 2 fully saturated rings. The van der Waals surface area contributed by atoms with Gasteiger partial charge in [0.1, 0.15) is 6.04 Å². The molecule has 1 aliphatic carbocycles. The Hall–Kier alpha value is -1.34. The molecular weight excluding hydrogens is 264 g/mol. The lowest BCUT2D eigenvalue weighted by molar-refractivity contribution is -0.141. The van der Waals surface area contributed by atoms with Crippen LogP contribution in [0.25, 0.3) is 0 Å². The predicted octanol–water partition coefficient (Wildman–Crippen LogP) is -0.139. The first-order valence-corrected chi connectivity index (χ1v) is 7.04. The Balaban J connectivity index is 2.07. The van der Waals surface area contributed by atoms with Crippen LogP contribution in [0.5, 0.6) is 0 Å². The van der Waals surface area contributed by atoms with Crippen LogP contribution in [0.3, 0.4) is 0 Å². The molecule has 1 saturated carbocycles. The van der Waals surface area contributed by atoms with Crippen LogP contribution in [-0.2, 0) is 4.79 Å². The van der Waals surface area contributed by atoms with Crippen molar-refractivity contribution in [2.24, 2.45) is 0 Å². The molecule has 1 saturated heterocycles. The number of aliphatic carboxylic acids is 1. The van der Waals surface area contributed by atoms with Gasteiger partial charge in [-0.05, 0) is 12.8 Å². The van der Waals surface area contributed by atoms with Gasteiger partial charge in [-0.25, -0.2) is 9.59 Å². The summed E-state index contributed by atoms with van der Waals surface area (Å²) >= 11 is 0. The summed E-state index contributed by atoms with van der Waals surface area (Å²) in [5.41, 5.74) is 0. The molecule has 7 heteroatoms. The summed E-state index contributed by atoms with van der Waals surface area (Å²) in [4.78, 5) is 26.2. The third kappa shape index (κ3) is 2.88. The van der Waals surface area contributed by atoms with Crippen molar-refractivity contribution in [2.45, 2.75) is 56.4 Å². The second-order valence-corrected chi connectivity index (χ2v) is 5.71. The van der Waals surface area contributed by atoms with Crippen molar-refractivity contribution in [1.82, 2.24) is 9.80 Å². The highest BCUT2D eigenvalue weighted by Crippen LogP contribution is 2.25. The van der Waals surface area contributed by atoms with Crippen molar-refractivity contribution in [2.75, 3.05) is 13.6 Å². The molecule has 3 N–H and O–H groups in total. The number of urea groups is 1. The number of carboxylic acid groups (broad SMARTS) is 1. The van der Waals surface area contributed by atoms with Crippen LogP contribution in [0.4, 0.5) is 4.79 Å². The molecule has 0 aromatic carbocycles. The fourth-order valence-corrected chi connectivity index (χ4v) is 3.15. The van der Waals surface area contributed by atoms with Gasteiger partial charge in [0.25, 0.3) is 0 Å². The Bertz CT molecular complexity index is 389. The topological polar surface area (TPSA) is 101 Å². The molecule has 1 aliphatic heterocycles. The maximum Gasteiger partial charge on any atom is 0.326 e. The van der Waals surface area contributed by atoms with Gasteiger partial charge in [0.2, 0.25) is 0 Å². The standard InChI is InChI=1S/C13H22N2O5/c1-14(9-4-2-3-5-11(9)17)13(20)15-7-8(16)6-10(15)12(18)19/h8-11,16-17H,2-7H2,1H3,(H,18,19)/t8-,9?,10-,11?/m1/s1. The number of rotatable bonds is 2. The zero-order valence-corrected chi connectivity index (χ0v) is 11.6. The molecule has 20 heavy (non-hydrogen) atoms. The van der Waals surface area contributed by atoms with Gasteiger partial charge in [-0.15, -0.1) is 0 Å². The molecule has 114 valence electrons. The molecule has 0 spiro atoms. The van der Waals surface area contributed by atoms with Crippen molar-refractivity contribution in [3.63, 3.8) is 0 Å². The van der Waals surface area contributed by atoms with Crippen molar-refractivity contribution >= 4 is 12.0 Å². The first kappa shape index (κ1) is 15.1. The second kappa shape index (κ2) is 5.97. The molecule has 2 amide bonds. The SMILES string of the molecule is CN(C(=O)N1C[C@H](O)C[C@@H]1C(=O)O)C1CCCCC1O. The fourth-order valence-electron chi connectivity index (χ4n) is 3.15. The number of likely N-dealkylation sites (N-methyl/N-ethyl adjacent to an activating group) is 1. The van der Waals surface area contributed by atoms with Gasteiger partial charge in [-0.1, -0.05) is 12.8 Å². The number of carbonyl (C=O) groups excluding carboxylic acids is 1. The number of carboxylic acids is 1. The van der Waals surface area contributed by atoms with Crippen molar-refractivity contribution in [3.05, 3.63) is 0 Å². The molecule has 1 heterocycles. The molecular formula is C13H22N2O5. The number of carbonyl (C=O) groups is 2. The Morgan fingerprint density at radius 3 is 2.45 bits per heavy atom. The van der Waals surface area contributed by atoms with Gasteiger partial charge in [0.15, 0.2) is 0 Å². The number of hydrogen-bond donors (Lipinski definition) is 3. The summed E-state index contributed by atoms with van der Waals surface area (Å²) in [6, 6.07) is -1.69. The van der Waals surface area contributed by atoms with Crippen LogP contribution in [0.2, 0.25) is 0 Å². The monoisotopic (exact) mass is 286 g/mol. The molecule has 0 aromatic rings. The van der Waals surface area contributed by atoms with Crippen molar-refractivity contribution in [3.8, 4) is 0 Å². The lowest BCUT2D eigenvalue weighted by Crippen LogP contribution is -2.53. The first-order chi connectivity index (χ1) is 9.41. The second-order valence-electron chi connectivity index (χ2n) is 5.71. The van der Waals surface area contributed by atoms with E-state index in [1.807, 2.05) is 0 Å². The lowest BCUT2D eigenvalue weighted by atomic mass is 9.92. The third-order valence-electron chi connectivity index (χ3n) is 4.30. The summed E-state index contributed by atoms with van der Waals surface area (Å²) in [5.74, 6) is -1.10. The minimum atomic E-state index is -1.10. The number of β-amino-alcohol motifs (C(OH)–C–C–N with tert-alkyl or cyclic N) is 1. The first-order valence-electron chi connectivity index (χ1n) is 7.04. The molecule has 2 aliphatic rings. The van der Waals surface area contributed by atoms with Gasteiger partial charge in [0, 0.05) is 20.0 Å². The molecule has 4 atom stereocenters. The van der Waals surface area contributed by atoms with Gasteiger partial charge in [-0.3, -0.25) is 0 Å². The number of aliphatic hydroxyl groups excluding tert-OH is 2. The minimum absolute atomic E-state index is 0.0307. The molecule has 2 rings (SSSR count). The highest BCUT2D eigenvalue weighted by atomic mass is 16.4. The normalized spacial score (nSPS) is 34.0. The van der Waals surface area contributed by atoms with Crippen molar-refractivity contribution < 1.29 is 24.9 Å². The van der Waals surface area contributed by atoms with E-state index in [1.54, 1.807) is 7.05 Å². The molecule has 0 aromatic heterocycles. The number of hydrogen-bond acceptors (Lipinski definition) is 4. The highest BCUT2D eigenvalue weighted by molar-refractivity contribution is 5.83. The van der Waals surface area contributed by atoms with Gasteiger partial charge in [-0.2, -0.15) is 0 Å². The Labute approximate surface area is 117 Å². The largest absolute Gasteiger partial charge is 0.480 e. The van der Waals surface area contributed by atoms with Crippen LogP contribution >= 0.6 is 0 Å². The third-order valence-corrected chi connectivity index (χ3v) is 4.30. The smallest absolute Gasteiger partial charge is 0.326 e. The predicted molar refractivity (Wildman–Crippen MR) is 70.2 cm³/mol. The summed E-state index contributed by atoms with van der Waals surface area (Å²) < 4.78 is 0. The maximum atomic E-state index is 12.4. The summed E-state index contributed by atoms with van der Waals surface area (Å²) in [5, 5.41) is 28.7. The summed E-state index contributed by atoms with van der Waals surface area (Å²) in [7, 11) is 1.59. The van der Waals surface area contributed by atoms with E-state index < -0.39 is 30.3 Å². The zero-order chi connectivity index (χ0) is 14.9. The van der Waals surface area contributed by atoms with Crippen LogP contribution in [-0.4, -0.2) is 75.0 Å². The molecule has 0 bridgehead atoms. The highest BCUT2D eigenvalue weighted by Gasteiger charge is 2.42. The summed E-state index contributed by atoms with van der Waals surface area (Å²) in [6.45, 7) is 0.0307. The van der Waals surface area contributed by atoms with Crippen LogP contribution in [0, 0.1) is 0 Å². The van der Waals surface area contributed by atoms with Crippen LogP contribution in [0.1, 0.15) is 32.1 Å². The van der Waals surface area contributed by atoms with E-state index in [0.29, 0.717) is 6.42 Å². The molecule has 0 radical (unpaired) electrons. The van der Waals surface area contributed by atoms with Crippen LogP contribution in [0.15, 0.2) is 0 Å². The van der Waals surface area contributed by atoms with E-state index in [2.05, 4.69) is 0 Å². The average Bonchev–Trinajstić information content (AvgIpc) is 2.80. The van der Waals surface area contributed by atoms with E-state index in [9.17, 15) is 19.8 Å². The summed E-state index contributed by atoms with van der Waals surface area (Å²) in [6.07, 6.45) is 1.97. The Kier molecular flexibility index (Phi) is 4.49. The number of nitrogens with zero attached hydrogens (tertiary/aromatic N) is 2. The quantitative estimate of drug-likeness (QED) is 0.656. The Morgan fingerprint density at radius 2 is 1.85 bits per heavy atom.